The zero-order valence-corrected chi connectivity index (χ0v) is 9.73. The van der Waals surface area contributed by atoms with E-state index in [0.29, 0.717) is 5.75 Å². The molecule has 1 rings (SSSR count). The van der Waals surface area contributed by atoms with Crippen LogP contribution < -0.4 is 4.74 Å². The Balaban J connectivity index is 2.80. The largest absolute Gasteiger partial charge is 0.478 e. The molecule has 0 aliphatic carbocycles. The predicted octanol–water partition coefficient (Wildman–Crippen LogP) is 2.96. The van der Waals surface area contributed by atoms with Crippen LogP contribution in [0.4, 0.5) is 0 Å². The van der Waals surface area contributed by atoms with E-state index in [1.807, 2.05) is 31.2 Å². The summed E-state index contributed by atoms with van der Waals surface area (Å²) in [5, 5.41) is 8.91. The first-order valence-corrected chi connectivity index (χ1v) is 5.11. The van der Waals surface area contributed by atoms with Gasteiger partial charge in [-0.2, -0.15) is 0 Å². The van der Waals surface area contributed by atoms with E-state index < -0.39 is 11.6 Å². The third-order valence-corrected chi connectivity index (χ3v) is 2.13. The summed E-state index contributed by atoms with van der Waals surface area (Å²) in [5.41, 5.74) is -0.148. The van der Waals surface area contributed by atoms with Crippen molar-refractivity contribution in [1.82, 2.24) is 0 Å². The van der Waals surface area contributed by atoms with E-state index in [0.717, 1.165) is 5.56 Å². The second kappa shape index (κ2) is 4.84. The highest BCUT2D eigenvalue weighted by Gasteiger charge is 2.29. The molecule has 0 aliphatic rings. The fraction of sp³-hybridized carbons (Fsp3) is 0.308. The summed E-state index contributed by atoms with van der Waals surface area (Å²) in [4.78, 5) is 10.9. The standard InChI is InChI=1S/C13H16O3/c1-4-5-10-6-8-11(9-7-10)16-13(2,3)12(14)15/h4-9H,1-3H3,(H,14,15)/b5-4+. The van der Waals surface area contributed by atoms with Crippen molar-refractivity contribution < 1.29 is 14.6 Å². The third kappa shape index (κ3) is 3.12. The van der Waals surface area contributed by atoms with Gasteiger partial charge >= 0.3 is 5.97 Å². The molecule has 1 aromatic carbocycles. The molecule has 0 heterocycles. The van der Waals surface area contributed by atoms with Gasteiger partial charge in [0.1, 0.15) is 5.75 Å². The van der Waals surface area contributed by atoms with Crippen molar-refractivity contribution in [2.45, 2.75) is 26.4 Å². The second-order valence-electron chi connectivity index (χ2n) is 3.99. The van der Waals surface area contributed by atoms with Gasteiger partial charge in [-0.3, -0.25) is 0 Å². The van der Waals surface area contributed by atoms with Gasteiger partial charge in [0, 0.05) is 0 Å². The number of aliphatic carboxylic acids is 1. The number of ether oxygens (including phenoxy) is 1. The van der Waals surface area contributed by atoms with Gasteiger partial charge < -0.3 is 9.84 Å². The smallest absolute Gasteiger partial charge is 0.347 e. The van der Waals surface area contributed by atoms with Crippen molar-refractivity contribution in [3.05, 3.63) is 35.9 Å². The number of carboxylic acid groups (broad SMARTS) is 1. The number of rotatable bonds is 4. The fourth-order valence-electron chi connectivity index (χ4n) is 1.18. The Kier molecular flexibility index (Phi) is 3.72. The van der Waals surface area contributed by atoms with Crippen LogP contribution in [0.15, 0.2) is 30.3 Å². The molecule has 0 spiro atoms. The molecule has 0 aliphatic heterocycles. The van der Waals surface area contributed by atoms with Crippen molar-refractivity contribution in [3.8, 4) is 5.75 Å². The minimum atomic E-state index is -1.21. The van der Waals surface area contributed by atoms with Crippen LogP contribution in [0.1, 0.15) is 26.3 Å². The minimum absolute atomic E-state index is 0.556. The zero-order chi connectivity index (χ0) is 12.2. The first-order chi connectivity index (χ1) is 7.45. The fourth-order valence-corrected chi connectivity index (χ4v) is 1.18. The maximum Gasteiger partial charge on any atom is 0.347 e. The maximum absolute atomic E-state index is 10.9. The molecule has 0 bridgehead atoms. The molecule has 0 saturated carbocycles. The molecular weight excluding hydrogens is 204 g/mol. The van der Waals surface area contributed by atoms with Gasteiger partial charge in [-0.1, -0.05) is 24.3 Å². The molecule has 0 unspecified atom stereocenters. The lowest BCUT2D eigenvalue weighted by atomic mass is 10.1. The summed E-state index contributed by atoms with van der Waals surface area (Å²) in [6, 6.07) is 7.29. The third-order valence-electron chi connectivity index (χ3n) is 2.13. The normalized spacial score (nSPS) is 11.7. The van der Waals surface area contributed by atoms with Crippen molar-refractivity contribution in [2.75, 3.05) is 0 Å². The Labute approximate surface area is 95.4 Å². The Bertz CT molecular complexity index is 388. The summed E-state index contributed by atoms with van der Waals surface area (Å²) >= 11 is 0. The van der Waals surface area contributed by atoms with Crippen molar-refractivity contribution in [3.63, 3.8) is 0 Å². The van der Waals surface area contributed by atoms with Gasteiger partial charge in [-0.05, 0) is 38.5 Å². The summed E-state index contributed by atoms with van der Waals surface area (Å²) in [6.07, 6.45) is 3.91. The van der Waals surface area contributed by atoms with E-state index in [-0.39, 0.29) is 0 Å². The van der Waals surface area contributed by atoms with Gasteiger partial charge in [-0.25, -0.2) is 4.79 Å². The Morgan fingerprint density at radius 3 is 2.31 bits per heavy atom. The summed E-state index contributed by atoms with van der Waals surface area (Å²) in [6.45, 7) is 4.99. The van der Waals surface area contributed by atoms with Gasteiger partial charge in [-0.15, -0.1) is 0 Å². The molecule has 0 fully saturated rings. The van der Waals surface area contributed by atoms with Crippen molar-refractivity contribution in [2.24, 2.45) is 0 Å². The molecule has 0 aromatic heterocycles. The number of allylic oxidation sites excluding steroid dienone is 1. The quantitative estimate of drug-likeness (QED) is 0.848. The summed E-state index contributed by atoms with van der Waals surface area (Å²) < 4.78 is 5.37. The molecule has 1 N–H and O–H groups in total. The van der Waals surface area contributed by atoms with E-state index in [2.05, 4.69) is 0 Å². The molecule has 0 amide bonds. The predicted molar refractivity (Wildman–Crippen MR) is 63.5 cm³/mol. The van der Waals surface area contributed by atoms with Gasteiger partial charge in [0.25, 0.3) is 0 Å². The van der Waals surface area contributed by atoms with Crippen molar-refractivity contribution in [1.29, 1.82) is 0 Å². The maximum atomic E-state index is 10.9. The molecule has 86 valence electrons. The van der Waals surface area contributed by atoms with E-state index >= 15 is 0 Å². The number of hydrogen-bond acceptors (Lipinski definition) is 2. The lowest BCUT2D eigenvalue weighted by molar-refractivity contribution is -0.152. The van der Waals surface area contributed by atoms with E-state index in [1.165, 1.54) is 13.8 Å². The van der Waals surface area contributed by atoms with Crippen LogP contribution in [0.25, 0.3) is 6.08 Å². The average Bonchev–Trinajstić information content (AvgIpc) is 2.21. The molecule has 3 heteroatoms. The summed E-state index contributed by atoms with van der Waals surface area (Å²) in [7, 11) is 0. The SMILES string of the molecule is C/C=C/c1ccc(OC(C)(C)C(=O)O)cc1. The van der Waals surface area contributed by atoms with E-state index in [1.54, 1.807) is 12.1 Å². The molecule has 3 nitrogen and oxygen atoms in total. The second-order valence-corrected chi connectivity index (χ2v) is 3.99. The first kappa shape index (κ1) is 12.3. The van der Waals surface area contributed by atoms with E-state index in [9.17, 15) is 4.79 Å². The van der Waals surface area contributed by atoms with Gasteiger partial charge in [0.2, 0.25) is 0 Å². The highest BCUT2D eigenvalue weighted by molar-refractivity contribution is 5.76. The molecule has 0 atom stereocenters. The lowest BCUT2D eigenvalue weighted by Gasteiger charge is -2.21. The van der Waals surface area contributed by atoms with Gasteiger partial charge in [0.15, 0.2) is 5.60 Å². The minimum Gasteiger partial charge on any atom is -0.478 e. The summed E-state index contributed by atoms with van der Waals surface area (Å²) in [5.74, 6) is -0.425. The Morgan fingerprint density at radius 2 is 1.88 bits per heavy atom. The Morgan fingerprint density at radius 1 is 1.31 bits per heavy atom. The average molecular weight is 220 g/mol. The van der Waals surface area contributed by atoms with Crippen molar-refractivity contribution >= 4 is 12.0 Å². The molecule has 1 aromatic rings. The van der Waals surface area contributed by atoms with Crippen LogP contribution in [0.5, 0.6) is 5.75 Å². The number of carboxylic acids is 1. The molecule has 0 radical (unpaired) electrons. The first-order valence-electron chi connectivity index (χ1n) is 5.11. The van der Waals surface area contributed by atoms with Crippen LogP contribution in [0, 0.1) is 0 Å². The molecule has 0 saturated heterocycles. The van der Waals surface area contributed by atoms with Crippen LogP contribution in [-0.4, -0.2) is 16.7 Å². The number of hydrogen-bond donors (Lipinski definition) is 1. The molecule has 16 heavy (non-hydrogen) atoms. The number of carbonyl (C=O) groups is 1. The van der Waals surface area contributed by atoms with Crippen LogP contribution >= 0.6 is 0 Å². The zero-order valence-electron chi connectivity index (χ0n) is 9.73. The lowest BCUT2D eigenvalue weighted by Crippen LogP contribution is -2.37. The Hall–Kier alpha value is -1.77. The van der Waals surface area contributed by atoms with Crippen LogP contribution in [-0.2, 0) is 4.79 Å². The van der Waals surface area contributed by atoms with Crippen LogP contribution in [0.3, 0.4) is 0 Å². The van der Waals surface area contributed by atoms with Crippen LogP contribution in [0.2, 0.25) is 0 Å². The topological polar surface area (TPSA) is 46.5 Å². The highest BCUT2D eigenvalue weighted by atomic mass is 16.5. The highest BCUT2D eigenvalue weighted by Crippen LogP contribution is 2.19. The monoisotopic (exact) mass is 220 g/mol. The molecular formula is C13H16O3. The number of benzene rings is 1. The van der Waals surface area contributed by atoms with E-state index in [4.69, 9.17) is 9.84 Å². The van der Waals surface area contributed by atoms with Gasteiger partial charge in [0.05, 0.1) is 0 Å².